The Morgan fingerprint density at radius 3 is 2.56 bits per heavy atom. The smallest absolute Gasteiger partial charge is 0.341 e. The number of hydrogen-bond acceptors (Lipinski definition) is 7. The number of carboxylic acids is 1. The van der Waals surface area contributed by atoms with E-state index in [0.29, 0.717) is 77.3 Å². The van der Waals surface area contributed by atoms with Gasteiger partial charge in [-0.3, -0.25) is 9.78 Å². The molecule has 11 heteroatoms. The van der Waals surface area contributed by atoms with Crippen molar-refractivity contribution in [3.05, 3.63) is 69.4 Å². The zero-order valence-electron chi connectivity index (χ0n) is 21.3. The number of aryl methyl sites for hydroxylation is 1. The number of aliphatic hydroxyl groups is 1. The van der Waals surface area contributed by atoms with Gasteiger partial charge >= 0.3 is 5.97 Å². The number of piperidine rings is 1. The second kappa shape index (κ2) is 9.12. The fraction of sp³-hybridized carbons (Fsp3) is 0.286. The molecule has 39 heavy (non-hydrogen) atoms. The number of aromatic nitrogens is 3. The van der Waals surface area contributed by atoms with E-state index in [2.05, 4.69) is 15.3 Å². The number of nitrogens with zero attached hydrogens (tertiary/aromatic N) is 4. The molecule has 0 atom stereocenters. The number of nitrogens with one attached hydrogen (secondary N) is 1. The van der Waals surface area contributed by atoms with Crippen LogP contribution in [-0.4, -0.2) is 57.0 Å². The van der Waals surface area contributed by atoms with E-state index in [-0.39, 0.29) is 16.5 Å². The summed E-state index contributed by atoms with van der Waals surface area (Å²) in [6, 6.07) is 2.71. The third kappa shape index (κ3) is 3.84. The van der Waals surface area contributed by atoms with Gasteiger partial charge in [-0.25, -0.2) is 18.6 Å². The molecule has 0 bridgehead atoms. The Kier molecular flexibility index (Phi) is 5.83. The van der Waals surface area contributed by atoms with Gasteiger partial charge in [-0.05, 0) is 24.5 Å². The van der Waals surface area contributed by atoms with Crippen molar-refractivity contribution < 1.29 is 23.8 Å². The van der Waals surface area contributed by atoms with E-state index >= 15 is 4.39 Å². The Bertz CT molecular complexity index is 1750. The van der Waals surface area contributed by atoms with E-state index in [9.17, 15) is 24.2 Å². The number of hydrogen-bond donors (Lipinski definition) is 3. The van der Waals surface area contributed by atoms with Crippen LogP contribution in [0, 0.1) is 11.6 Å². The molecular formula is C28H25F2N5O4. The van der Waals surface area contributed by atoms with Crippen molar-refractivity contribution in [1.29, 1.82) is 0 Å². The van der Waals surface area contributed by atoms with Crippen LogP contribution in [0.1, 0.15) is 34.5 Å². The minimum atomic E-state index is -1.34. The Balaban J connectivity index is 1.65. The molecule has 0 saturated carbocycles. The zero-order chi connectivity index (χ0) is 27.6. The van der Waals surface area contributed by atoms with Gasteiger partial charge in [0.15, 0.2) is 11.6 Å². The van der Waals surface area contributed by atoms with Crippen LogP contribution in [0.25, 0.3) is 33.3 Å². The molecule has 1 aliphatic carbocycles. The highest BCUT2D eigenvalue weighted by atomic mass is 19.2. The van der Waals surface area contributed by atoms with Gasteiger partial charge < -0.3 is 25.0 Å². The Morgan fingerprint density at radius 2 is 1.87 bits per heavy atom. The molecule has 1 saturated heterocycles. The lowest BCUT2D eigenvalue weighted by Gasteiger charge is -2.34. The molecule has 4 heterocycles. The SMILES string of the molecule is CNc1cc(F)c(F)c2c1Cc1ncc(-c3cnc4c(c3)c(=O)c(C(=O)O)cn4C)c(N3CCC(O)CC3)c1-2. The second-order valence-corrected chi connectivity index (χ2v) is 9.94. The number of aromatic carboxylic acids is 1. The quantitative estimate of drug-likeness (QED) is 0.321. The van der Waals surface area contributed by atoms with Crippen molar-refractivity contribution in [2.45, 2.75) is 25.4 Å². The van der Waals surface area contributed by atoms with Crippen LogP contribution in [0.2, 0.25) is 0 Å². The molecule has 1 aliphatic heterocycles. The number of anilines is 2. The van der Waals surface area contributed by atoms with Crippen LogP contribution in [0.5, 0.6) is 0 Å². The van der Waals surface area contributed by atoms with Crippen LogP contribution < -0.4 is 15.6 Å². The monoisotopic (exact) mass is 533 g/mol. The predicted octanol–water partition coefficient (Wildman–Crippen LogP) is 3.55. The van der Waals surface area contributed by atoms with Crippen LogP contribution in [0.15, 0.2) is 35.5 Å². The van der Waals surface area contributed by atoms with E-state index in [1.165, 1.54) is 10.8 Å². The maximum absolute atomic E-state index is 15.5. The summed E-state index contributed by atoms with van der Waals surface area (Å²) in [5.74, 6) is -3.28. The number of benzene rings is 1. The summed E-state index contributed by atoms with van der Waals surface area (Å²) in [6.07, 6.45) is 5.26. The summed E-state index contributed by atoms with van der Waals surface area (Å²) >= 11 is 0. The number of carbonyl (C=O) groups is 1. The Hall–Kier alpha value is -4.38. The molecule has 1 aromatic carbocycles. The highest BCUT2D eigenvalue weighted by Crippen LogP contribution is 2.50. The molecule has 2 aliphatic rings. The lowest BCUT2D eigenvalue weighted by Crippen LogP contribution is -2.36. The second-order valence-electron chi connectivity index (χ2n) is 9.94. The number of halogens is 2. The molecule has 0 unspecified atom stereocenters. The minimum Gasteiger partial charge on any atom is -0.477 e. The maximum atomic E-state index is 15.5. The summed E-state index contributed by atoms with van der Waals surface area (Å²) in [6.45, 7) is 0.948. The highest BCUT2D eigenvalue weighted by molar-refractivity contribution is 5.98. The van der Waals surface area contributed by atoms with Crippen LogP contribution >= 0.6 is 0 Å². The lowest BCUT2D eigenvalue weighted by atomic mass is 9.95. The zero-order valence-corrected chi connectivity index (χ0v) is 21.3. The van der Waals surface area contributed by atoms with Gasteiger partial charge in [-0.1, -0.05) is 0 Å². The summed E-state index contributed by atoms with van der Waals surface area (Å²) < 4.78 is 31.7. The summed E-state index contributed by atoms with van der Waals surface area (Å²) in [7, 11) is 3.25. The first-order chi connectivity index (χ1) is 18.7. The molecule has 4 aromatic rings. The van der Waals surface area contributed by atoms with E-state index in [1.54, 1.807) is 32.6 Å². The van der Waals surface area contributed by atoms with E-state index < -0.39 is 29.1 Å². The fourth-order valence-electron chi connectivity index (χ4n) is 5.73. The number of rotatable bonds is 4. The van der Waals surface area contributed by atoms with Gasteiger partial charge in [-0.2, -0.15) is 0 Å². The number of pyridine rings is 3. The molecule has 0 radical (unpaired) electrons. The average molecular weight is 534 g/mol. The molecule has 200 valence electrons. The number of fused-ring (bicyclic) bond motifs is 4. The largest absolute Gasteiger partial charge is 0.477 e. The van der Waals surface area contributed by atoms with E-state index in [1.807, 2.05) is 4.90 Å². The van der Waals surface area contributed by atoms with Gasteiger partial charge in [-0.15, -0.1) is 0 Å². The summed E-state index contributed by atoms with van der Waals surface area (Å²) in [5.41, 5.74) is 3.18. The topological polar surface area (TPSA) is 121 Å². The molecule has 1 fully saturated rings. The van der Waals surface area contributed by atoms with Crippen LogP contribution in [0.3, 0.4) is 0 Å². The third-order valence-corrected chi connectivity index (χ3v) is 7.66. The normalized spacial score (nSPS) is 14.9. The van der Waals surface area contributed by atoms with Crippen molar-refractivity contribution in [3.63, 3.8) is 0 Å². The van der Waals surface area contributed by atoms with Crippen molar-refractivity contribution in [1.82, 2.24) is 14.5 Å². The average Bonchev–Trinajstić information content (AvgIpc) is 3.32. The van der Waals surface area contributed by atoms with Crippen LogP contribution in [-0.2, 0) is 13.5 Å². The summed E-state index contributed by atoms with van der Waals surface area (Å²) in [4.78, 5) is 35.8. The molecule has 9 nitrogen and oxygen atoms in total. The number of aliphatic hydroxyl groups excluding tert-OH is 1. The van der Waals surface area contributed by atoms with Crippen molar-refractivity contribution >= 4 is 28.4 Å². The molecule has 0 spiro atoms. The van der Waals surface area contributed by atoms with Crippen molar-refractivity contribution in [2.24, 2.45) is 7.05 Å². The van der Waals surface area contributed by atoms with Crippen molar-refractivity contribution in [3.8, 4) is 22.3 Å². The Labute approximate surface area is 221 Å². The van der Waals surface area contributed by atoms with Gasteiger partial charge in [0.25, 0.3) is 0 Å². The fourth-order valence-corrected chi connectivity index (χ4v) is 5.73. The summed E-state index contributed by atoms with van der Waals surface area (Å²) in [5, 5.41) is 22.7. The van der Waals surface area contributed by atoms with Gasteiger partial charge in [0.2, 0.25) is 5.43 Å². The molecule has 3 N–H and O–H groups in total. The molecule has 6 rings (SSSR count). The highest BCUT2D eigenvalue weighted by Gasteiger charge is 2.34. The lowest BCUT2D eigenvalue weighted by molar-refractivity contribution is 0.0695. The van der Waals surface area contributed by atoms with Gasteiger partial charge in [0.05, 0.1) is 22.9 Å². The van der Waals surface area contributed by atoms with Gasteiger partial charge in [0, 0.05) is 86.2 Å². The molecule has 0 amide bonds. The first-order valence-corrected chi connectivity index (χ1v) is 12.6. The first-order valence-electron chi connectivity index (χ1n) is 12.6. The Morgan fingerprint density at radius 1 is 1.13 bits per heavy atom. The van der Waals surface area contributed by atoms with E-state index in [4.69, 9.17) is 0 Å². The van der Waals surface area contributed by atoms with Gasteiger partial charge in [0.1, 0.15) is 11.2 Å². The molecular weight excluding hydrogens is 508 g/mol. The minimum absolute atomic E-state index is 0.116. The standard InChI is InChI=1S/C28H25F2N5O4/c1-31-20-9-19(29)24(30)22-15(20)8-21-23(22)25(35-5-3-14(36)4-6-35)17(11-32-21)13-7-16-26(37)18(28(38)39)12-34(2)27(16)33-10-13/h7,9-12,14,31,36H,3-6,8H2,1-2H3,(H,38,39). The number of carboxylic acid groups (broad SMARTS) is 1. The predicted molar refractivity (Wildman–Crippen MR) is 142 cm³/mol. The third-order valence-electron chi connectivity index (χ3n) is 7.66. The van der Waals surface area contributed by atoms with Crippen LogP contribution in [0.4, 0.5) is 20.2 Å². The van der Waals surface area contributed by atoms with Crippen molar-refractivity contribution in [2.75, 3.05) is 30.4 Å². The maximum Gasteiger partial charge on any atom is 0.341 e. The van der Waals surface area contributed by atoms with E-state index in [0.717, 1.165) is 6.07 Å². The molecule has 3 aromatic heterocycles. The first kappa shape index (κ1) is 24.9.